The maximum atomic E-state index is 13.5. The summed E-state index contributed by atoms with van der Waals surface area (Å²) in [6.07, 6.45) is 1.73. The Balaban J connectivity index is 1.53. The van der Waals surface area contributed by atoms with E-state index in [-0.39, 0.29) is 48.6 Å². The fraction of sp³-hybridized carbons (Fsp3) is 0.385. The molecule has 2 N–H and O–H groups in total. The van der Waals surface area contributed by atoms with Crippen LogP contribution in [0.1, 0.15) is 50.8 Å². The maximum Gasteiger partial charge on any atom is 0.343 e. The molecule has 36 heavy (non-hydrogen) atoms. The van der Waals surface area contributed by atoms with Gasteiger partial charge in [-0.1, -0.05) is 6.92 Å². The van der Waals surface area contributed by atoms with Crippen LogP contribution in [0.3, 0.4) is 0 Å². The summed E-state index contributed by atoms with van der Waals surface area (Å²) in [7, 11) is 0. The van der Waals surface area contributed by atoms with Gasteiger partial charge in [-0.15, -0.1) is 0 Å². The largest absolute Gasteiger partial charge is 0.458 e. The highest BCUT2D eigenvalue weighted by Gasteiger charge is 2.45. The first-order chi connectivity index (χ1) is 17.1. The second-order valence-electron chi connectivity index (χ2n) is 10.2. The van der Waals surface area contributed by atoms with Crippen LogP contribution in [0, 0.1) is 0 Å². The minimum atomic E-state index is -1.87. The quantitative estimate of drug-likeness (QED) is 0.255. The van der Waals surface area contributed by atoms with Gasteiger partial charge in [0.25, 0.3) is 5.56 Å². The van der Waals surface area contributed by atoms with Crippen molar-refractivity contribution in [2.75, 3.05) is 12.1 Å². The second-order valence-corrected chi connectivity index (χ2v) is 10.2. The number of carbonyl (C=O) groups is 1. The standard InChI is InChI=1S/C26H26N4O6/c1-5-26(33)15-8-18-20-13(9-30(18)23(31)14(15)10-34-24(26)32)21-19-16(29-20)6-7-17(22(19)36-12-35-21)27-11-28-25(2,3)4/h6-8,11,33H,5,9-10,12H2,1-4H3,(H,27,28)/t26-/m0/s1. The molecule has 0 spiro atoms. The number of cyclic esters (lactones) is 1. The summed E-state index contributed by atoms with van der Waals surface area (Å²) in [6.45, 7) is 7.78. The Kier molecular flexibility index (Phi) is 4.72. The van der Waals surface area contributed by atoms with Crippen molar-refractivity contribution in [2.24, 2.45) is 4.99 Å². The summed E-state index contributed by atoms with van der Waals surface area (Å²) in [5.41, 5.74) is 1.38. The van der Waals surface area contributed by atoms with Crippen molar-refractivity contribution in [1.82, 2.24) is 9.55 Å². The smallest absolute Gasteiger partial charge is 0.343 e. The van der Waals surface area contributed by atoms with Crippen molar-refractivity contribution in [2.45, 2.75) is 58.4 Å². The van der Waals surface area contributed by atoms with E-state index in [9.17, 15) is 14.7 Å². The van der Waals surface area contributed by atoms with Gasteiger partial charge in [0.15, 0.2) is 11.4 Å². The summed E-state index contributed by atoms with van der Waals surface area (Å²) >= 11 is 0. The molecule has 10 nitrogen and oxygen atoms in total. The molecular weight excluding hydrogens is 464 g/mol. The molecule has 0 saturated carbocycles. The summed E-state index contributed by atoms with van der Waals surface area (Å²) in [5.74, 6) is 0.458. The van der Waals surface area contributed by atoms with Gasteiger partial charge in [0.1, 0.15) is 12.4 Å². The van der Waals surface area contributed by atoms with Gasteiger partial charge in [-0.25, -0.2) is 9.78 Å². The van der Waals surface area contributed by atoms with E-state index in [4.69, 9.17) is 19.2 Å². The van der Waals surface area contributed by atoms with Gasteiger partial charge in [0.05, 0.1) is 52.0 Å². The molecule has 3 aliphatic rings. The Hall–Kier alpha value is -3.92. The Bertz CT molecular complexity index is 1550. The SMILES string of the molecule is CC[C@@]1(O)C(=O)OCc2c1cc1n(c2=O)Cc2c-1nc1ccc(NC=NC(C)(C)C)c3c1c2OCO3. The van der Waals surface area contributed by atoms with E-state index in [1.807, 2.05) is 32.9 Å². The Labute approximate surface area is 206 Å². The minimum absolute atomic E-state index is 0.00727. The molecule has 1 atom stereocenters. The molecule has 3 aliphatic heterocycles. The summed E-state index contributed by atoms with van der Waals surface area (Å²) in [4.78, 5) is 35.2. The van der Waals surface area contributed by atoms with Crippen molar-refractivity contribution in [3.63, 3.8) is 0 Å². The number of rotatable bonds is 3. The maximum absolute atomic E-state index is 13.5. The van der Waals surface area contributed by atoms with Crippen LogP contribution in [0.2, 0.25) is 0 Å². The Morgan fingerprint density at radius 2 is 1.97 bits per heavy atom. The zero-order chi connectivity index (χ0) is 25.4. The van der Waals surface area contributed by atoms with Crippen molar-refractivity contribution < 1.29 is 24.1 Å². The number of fused-ring (bicyclic) bond motifs is 5. The first-order valence-electron chi connectivity index (χ1n) is 11.8. The third-order valence-corrected chi connectivity index (χ3v) is 6.84. The number of aliphatic imine (C=N–C) groups is 1. The van der Waals surface area contributed by atoms with Crippen LogP contribution in [0.25, 0.3) is 22.3 Å². The number of esters is 1. The van der Waals surface area contributed by atoms with E-state index in [0.717, 1.165) is 11.3 Å². The van der Waals surface area contributed by atoms with E-state index in [2.05, 4.69) is 10.3 Å². The molecule has 1 aromatic carbocycles. The average Bonchev–Trinajstić information content (AvgIpc) is 3.22. The number of ether oxygens (including phenoxy) is 3. The molecule has 0 radical (unpaired) electrons. The molecule has 0 fully saturated rings. The number of nitrogens with zero attached hydrogens (tertiary/aromatic N) is 3. The van der Waals surface area contributed by atoms with Crippen LogP contribution in [-0.2, 0) is 28.3 Å². The normalized spacial score (nSPS) is 19.9. The second kappa shape index (κ2) is 7.54. The first kappa shape index (κ1) is 22.5. The molecule has 0 amide bonds. The average molecular weight is 491 g/mol. The molecule has 6 rings (SSSR count). The molecule has 186 valence electrons. The predicted molar refractivity (Wildman–Crippen MR) is 133 cm³/mol. The van der Waals surface area contributed by atoms with Crippen molar-refractivity contribution >= 4 is 28.9 Å². The number of anilines is 1. The van der Waals surface area contributed by atoms with Gasteiger partial charge in [-0.2, -0.15) is 0 Å². The lowest BCUT2D eigenvalue weighted by atomic mass is 9.86. The van der Waals surface area contributed by atoms with Gasteiger partial charge < -0.3 is 29.2 Å². The van der Waals surface area contributed by atoms with Crippen LogP contribution < -0.4 is 20.3 Å². The molecule has 0 unspecified atom stereocenters. The van der Waals surface area contributed by atoms with Crippen molar-refractivity contribution in [3.05, 3.63) is 45.2 Å². The first-order valence-corrected chi connectivity index (χ1v) is 11.8. The van der Waals surface area contributed by atoms with Gasteiger partial charge >= 0.3 is 5.97 Å². The van der Waals surface area contributed by atoms with Gasteiger partial charge in [0, 0.05) is 11.1 Å². The molecule has 3 aromatic rings. The summed E-state index contributed by atoms with van der Waals surface area (Å²) < 4.78 is 18.6. The summed E-state index contributed by atoms with van der Waals surface area (Å²) in [5, 5.41) is 15.0. The third-order valence-electron chi connectivity index (χ3n) is 6.84. The Morgan fingerprint density at radius 1 is 1.19 bits per heavy atom. The predicted octanol–water partition coefficient (Wildman–Crippen LogP) is 3.05. The van der Waals surface area contributed by atoms with Crippen molar-refractivity contribution in [1.29, 1.82) is 0 Å². The van der Waals surface area contributed by atoms with E-state index in [1.54, 1.807) is 23.9 Å². The number of pyridine rings is 2. The highest BCUT2D eigenvalue weighted by atomic mass is 16.7. The zero-order valence-electron chi connectivity index (χ0n) is 20.5. The lowest BCUT2D eigenvalue weighted by Crippen LogP contribution is -2.44. The van der Waals surface area contributed by atoms with Crippen LogP contribution >= 0.6 is 0 Å². The zero-order valence-corrected chi connectivity index (χ0v) is 20.5. The minimum Gasteiger partial charge on any atom is -0.458 e. The fourth-order valence-electron chi connectivity index (χ4n) is 4.97. The van der Waals surface area contributed by atoms with Crippen molar-refractivity contribution in [3.8, 4) is 22.9 Å². The number of aromatic nitrogens is 2. The fourth-order valence-corrected chi connectivity index (χ4v) is 4.97. The molecule has 10 heteroatoms. The number of hydrogen-bond acceptors (Lipinski definition) is 8. The van der Waals surface area contributed by atoms with E-state index >= 15 is 0 Å². The van der Waals surface area contributed by atoms with Crippen LogP contribution in [-0.4, -0.2) is 39.3 Å². The van der Waals surface area contributed by atoms with Crippen LogP contribution in [0.15, 0.2) is 28.0 Å². The third kappa shape index (κ3) is 3.13. The van der Waals surface area contributed by atoms with E-state index in [0.29, 0.717) is 33.8 Å². The number of aliphatic hydroxyl groups is 1. The van der Waals surface area contributed by atoms with Gasteiger partial charge in [-0.3, -0.25) is 9.79 Å². The van der Waals surface area contributed by atoms with E-state index in [1.165, 1.54) is 0 Å². The molecule has 5 heterocycles. The Morgan fingerprint density at radius 3 is 2.72 bits per heavy atom. The van der Waals surface area contributed by atoms with Gasteiger partial charge in [0.2, 0.25) is 6.79 Å². The lowest BCUT2D eigenvalue weighted by Gasteiger charge is -2.31. The summed E-state index contributed by atoms with van der Waals surface area (Å²) in [6, 6.07) is 5.41. The topological polar surface area (TPSA) is 124 Å². The molecule has 2 aromatic heterocycles. The van der Waals surface area contributed by atoms with E-state index < -0.39 is 11.6 Å². The lowest BCUT2D eigenvalue weighted by molar-refractivity contribution is -0.172. The highest BCUT2D eigenvalue weighted by Crippen LogP contribution is 2.48. The molecule has 0 bridgehead atoms. The number of carbonyl (C=O) groups excluding carboxylic acids is 1. The molecule has 0 aliphatic carbocycles. The highest BCUT2D eigenvalue weighted by molar-refractivity contribution is 6.01. The number of hydrogen-bond donors (Lipinski definition) is 2. The van der Waals surface area contributed by atoms with Crippen LogP contribution in [0.4, 0.5) is 5.69 Å². The molecule has 0 saturated heterocycles. The number of nitrogens with one attached hydrogen (secondary N) is 1. The van der Waals surface area contributed by atoms with Crippen LogP contribution in [0.5, 0.6) is 11.5 Å². The monoisotopic (exact) mass is 490 g/mol. The number of benzene rings is 1. The molecular formula is C26H26N4O6. The van der Waals surface area contributed by atoms with Gasteiger partial charge in [-0.05, 0) is 45.4 Å².